The molecule has 0 radical (unpaired) electrons. The molecule has 4 heteroatoms. The van der Waals surface area contributed by atoms with Crippen LogP contribution >= 0.6 is 11.8 Å². The summed E-state index contributed by atoms with van der Waals surface area (Å²) in [5.41, 5.74) is 1.54. The van der Waals surface area contributed by atoms with Crippen LogP contribution in [-0.4, -0.2) is 18.2 Å². The van der Waals surface area contributed by atoms with Crippen molar-refractivity contribution in [1.29, 1.82) is 0 Å². The molecule has 3 rings (SSSR count). The van der Waals surface area contributed by atoms with Gasteiger partial charge in [0.2, 0.25) is 0 Å². The molecule has 0 bridgehead atoms. The highest BCUT2D eigenvalue weighted by atomic mass is 32.2. The van der Waals surface area contributed by atoms with Gasteiger partial charge in [-0.05, 0) is 30.3 Å². The van der Waals surface area contributed by atoms with Gasteiger partial charge in [-0.3, -0.25) is 4.79 Å². The van der Waals surface area contributed by atoms with Gasteiger partial charge in [0.25, 0.3) is 5.91 Å². The zero-order chi connectivity index (χ0) is 18.0. The van der Waals surface area contributed by atoms with Crippen molar-refractivity contribution < 1.29 is 9.53 Å². The van der Waals surface area contributed by atoms with Gasteiger partial charge >= 0.3 is 0 Å². The molecule has 0 atom stereocenters. The average molecular weight is 363 g/mol. The van der Waals surface area contributed by atoms with E-state index in [1.54, 1.807) is 11.8 Å². The molecule has 0 spiro atoms. The minimum Gasteiger partial charge on any atom is -0.489 e. The zero-order valence-corrected chi connectivity index (χ0v) is 15.2. The number of carbonyl (C=O) groups excluding carboxylic acids is 1. The molecule has 0 heterocycles. The summed E-state index contributed by atoms with van der Waals surface area (Å²) in [7, 11) is 0. The largest absolute Gasteiger partial charge is 0.489 e. The van der Waals surface area contributed by atoms with Crippen LogP contribution in [0.3, 0.4) is 0 Å². The van der Waals surface area contributed by atoms with E-state index in [-0.39, 0.29) is 5.91 Å². The lowest BCUT2D eigenvalue weighted by Crippen LogP contribution is -2.27. The van der Waals surface area contributed by atoms with E-state index in [1.807, 2.05) is 72.8 Å². The standard InChI is InChI=1S/C22H21NO2S/c24-22(23-15-16-26-20-12-5-2-6-13-20)21-14-8-7-9-18(21)17-25-19-10-3-1-4-11-19/h1-14H,15-17H2,(H,23,24). The van der Waals surface area contributed by atoms with Crippen molar-refractivity contribution in [3.63, 3.8) is 0 Å². The van der Waals surface area contributed by atoms with Crippen LogP contribution in [0.2, 0.25) is 0 Å². The smallest absolute Gasteiger partial charge is 0.251 e. The number of hydrogen-bond acceptors (Lipinski definition) is 3. The predicted octanol–water partition coefficient (Wildman–Crippen LogP) is 4.79. The highest BCUT2D eigenvalue weighted by Gasteiger charge is 2.11. The SMILES string of the molecule is O=C(NCCSc1ccccc1)c1ccccc1COc1ccccc1. The summed E-state index contributed by atoms with van der Waals surface area (Å²) in [6, 6.07) is 27.4. The van der Waals surface area contributed by atoms with Crippen LogP contribution in [-0.2, 0) is 6.61 Å². The highest BCUT2D eigenvalue weighted by molar-refractivity contribution is 7.99. The summed E-state index contributed by atoms with van der Waals surface area (Å²) < 4.78 is 5.78. The number of benzene rings is 3. The van der Waals surface area contributed by atoms with Crippen LogP contribution in [0.1, 0.15) is 15.9 Å². The summed E-state index contributed by atoms with van der Waals surface area (Å²) in [5.74, 6) is 1.56. The molecule has 3 nitrogen and oxygen atoms in total. The zero-order valence-electron chi connectivity index (χ0n) is 14.4. The molecule has 1 N–H and O–H groups in total. The van der Waals surface area contributed by atoms with Gasteiger partial charge in [0.1, 0.15) is 12.4 Å². The van der Waals surface area contributed by atoms with E-state index in [4.69, 9.17) is 4.74 Å². The monoisotopic (exact) mass is 363 g/mol. The first-order chi connectivity index (χ1) is 12.8. The van der Waals surface area contributed by atoms with Crippen LogP contribution in [0.25, 0.3) is 0 Å². The molecule has 0 aromatic heterocycles. The Labute approximate surface area is 158 Å². The second-order valence-corrected chi connectivity index (χ2v) is 6.84. The Hall–Kier alpha value is -2.72. The van der Waals surface area contributed by atoms with Crippen LogP contribution < -0.4 is 10.1 Å². The van der Waals surface area contributed by atoms with Crippen molar-refractivity contribution in [2.45, 2.75) is 11.5 Å². The number of nitrogens with one attached hydrogen (secondary N) is 1. The fourth-order valence-corrected chi connectivity index (χ4v) is 3.28. The molecular weight excluding hydrogens is 342 g/mol. The second-order valence-electron chi connectivity index (χ2n) is 5.68. The fraction of sp³-hybridized carbons (Fsp3) is 0.136. The minimum atomic E-state index is -0.0640. The third-order valence-electron chi connectivity index (χ3n) is 3.80. The molecule has 1 amide bonds. The number of carbonyl (C=O) groups is 1. The van der Waals surface area contributed by atoms with Crippen molar-refractivity contribution in [3.05, 3.63) is 96.1 Å². The van der Waals surface area contributed by atoms with Gasteiger partial charge in [-0.2, -0.15) is 0 Å². The van der Waals surface area contributed by atoms with Gasteiger partial charge in [-0.15, -0.1) is 11.8 Å². The number of amides is 1. The molecule has 0 aliphatic carbocycles. The lowest BCUT2D eigenvalue weighted by atomic mass is 10.1. The summed E-state index contributed by atoms with van der Waals surface area (Å²) in [6.45, 7) is 0.985. The lowest BCUT2D eigenvalue weighted by Gasteiger charge is -2.11. The normalized spacial score (nSPS) is 10.3. The summed E-state index contributed by atoms with van der Waals surface area (Å²) in [6.07, 6.45) is 0. The van der Waals surface area contributed by atoms with E-state index in [1.165, 1.54) is 4.90 Å². The van der Waals surface area contributed by atoms with Crippen molar-refractivity contribution >= 4 is 17.7 Å². The Morgan fingerprint density at radius 2 is 1.50 bits per heavy atom. The highest BCUT2D eigenvalue weighted by Crippen LogP contribution is 2.17. The summed E-state index contributed by atoms with van der Waals surface area (Å²) in [5, 5.41) is 2.99. The van der Waals surface area contributed by atoms with Gasteiger partial charge in [-0.1, -0.05) is 54.6 Å². The van der Waals surface area contributed by atoms with Crippen LogP contribution in [0, 0.1) is 0 Å². The van der Waals surface area contributed by atoms with E-state index in [9.17, 15) is 4.79 Å². The third kappa shape index (κ3) is 5.39. The van der Waals surface area contributed by atoms with Crippen LogP contribution in [0.15, 0.2) is 89.8 Å². The molecule has 0 saturated carbocycles. The van der Waals surface area contributed by atoms with Gasteiger partial charge in [0, 0.05) is 28.3 Å². The molecule has 0 unspecified atom stereocenters. The minimum absolute atomic E-state index is 0.0640. The first kappa shape index (κ1) is 18.1. The number of ether oxygens (including phenoxy) is 1. The molecule has 3 aromatic carbocycles. The number of thioether (sulfide) groups is 1. The number of hydrogen-bond donors (Lipinski definition) is 1. The van der Waals surface area contributed by atoms with E-state index in [0.717, 1.165) is 17.1 Å². The lowest BCUT2D eigenvalue weighted by molar-refractivity contribution is 0.0953. The maximum atomic E-state index is 12.5. The van der Waals surface area contributed by atoms with Crippen LogP contribution in [0.5, 0.6) is 5.75 Å². The van der Waals surface area contributed by atoms with E-state index in [2.05, 4.69) is 17.4 Å². The van der Waals surface area contributed by atoms with Gasteiger partial charge in [-0.25, -0.2) is 0 Å². The molecule has 132 valence electrons. The number of rotatable bonds is 8. The molecule has 0 fully saturated rings. The maximum absolute atomic E-state index is 12.5. The first-order valence-electron chi connectivity index (χ1n) is 8.55. The third-order valence-corrected chi connectivity index (χ3v) is 4.81. The second kappa shape index (κ2) is 9.68. The molecule has 0 saturated heterocycles. The average Bonchev–Trinajstić information content (AvgIpc) is 2.71. The Bertz CT molecular complexity index is 822. The van der Waals surface area contributed by atoms with Crippen molar-refractivity contribution in [2.24, 2.45) is 0 Å². The summed E-state index contributed by atoms with van der Waals surface area (Å²) >= 11 is 1.73. The van der Waals surface area contributed by atoms with Crippen molar-refractivity contribution in [3.8, 4) is 5.75 Å². The quantitative estimate of drug-likeness (QED) is 0.462. The van der Waals surface area contributed by atoms with Crippen molar-refractivity contribution in [1.82, 2.24) is 5.32 Å². The predicted molar refractivity (Wildman–Crippen MR) is 107 cm³/mol. The molecule has 0 aliphatic heterocycles. The van der Waals surface area contributed by atoms with E-state index in [0.29, 0.717) is 18.7 Å². The van der Waals surface area contributed by atoms with E-state index < -0.39 is 0 Å². The number of para-hydroxylation sites is 1. The van der Waals surface area contributed by atoms with E-state index >= 15 is 0 Å². The Morgan fingerprint density at radius 1 is 0.846 bits per heavy atom. The van der Waals surface area contributed by atoms with Gasteiger partial charge in [0.05, 0.1) is 0 Å². The van der Waals surface area contributed by atoms with Gasteiger partial charge in [0.15, 0.2) is 0 Å². The molecule has 26 heavy (non-hydrogen) atoms. The topological polar surface area (TPSA) is 38.3 Å². The molecular formula is C22H21NO2S. The Kier molecular flexibility index (Phi) is 6.73. The van der Waals surface area contributed by atoms with Gasteiger partial charge < -0.3 is 10.1 Å². The molecule has 3 aromatic rings. The Morgan fingerprint density at radius 3 is 2.27 bits per heavy atom. The first-order valence-corrected chi connectivity index (χ1v) is 9.53. The van der Waals surface area contributed by atoms with Crippen molar-refractivity contribution in [2.75, 3.05) is 12.3 Å². The molecule has 0 aliphatic rings. The summed E-state index contributed by atoms with van der Waals surface area (Å²) in [4.78, 5) is 13.7. The Balaban J connectivity index is 1.52. The fourth-order valence-electron chi connectivity index (χ4n) is 2.49. The maximum Gasteiger partial charge on any atom is 0.251 e. The van der Waals surface area contributed by atoms with Crippen LogP contribution in [0.4, 0.5) is 0 Å².